The highest BCUT2D eigenvalue weighted by molar-refractivity contribution is 6.28. The molecule has 10 rings (SSSR count). The van der Waals surface area contributed by atoms with Gasteiger partial charge in [-0.05, 0) is 85.1 Å². The third-order valence-corrected chi connectivity index (χ3v) is 10.8. The van der Waals surface area contributed by atoms with Crippen LogP contribution in [0.3, 0.4) is 0 Å². The number of benzene rings is 2. The summed E-state index contributed by atoms with van der Waals surface area (Å²) < 4.78 is 68.9. The van der Waals surface area contributed by atoms with Gasteiger partial charge in [0.25, 0.3) is 0 Å². The number of hydrogen-bond acceptors (Lipinski definition) is 16. The van der Waals surface area contributed by atoms with Crippen LogP contribution >= 0.6 is 11.6 Å². The number of ether oxygens (including phenoxy) is 2. The molecule has 2 unspecified atom stereocenters. The van der Waals surface area contributed by atoms with Crippen molar-refractivity contribution in [2.24, 2.45) is 0 Å². The molecule has 6 aromatic heterocycles. The van der Waals surface area contributed by atoms with Crippen molar-refractivity contribution in [1.29, 1.82) is 10.5 Å². The number of anilines is 5. The number of nitrogen functional groups attached to an aromatic ring is 1. The Morgan fingerprint density at radius 1 is 0.652 bits per heavy atom. The first-order valence-corrected chi connectivity index (χ1v) is 20.9. The van der Waals surface area contributed by atoms with Crippen LogP contribution in [0.4, 0.5) is 46.8 Å². The summed E-state index contributed by atoms with van der Waals surface area (Å²) in [5.41, 5.74) is 9.90. The quantitative estimate of drug-likeness (QED) is 0.120. The maximum Gasteiger partial charge on any atom is 0.230 e. The highest BCUT2D eigenvalue weighted by Gasteiger charge is 2.30. The number of nitrogens with two attached hydrogens (primary N) is 1. The minimum absolute atomic E-state index is 0.0882. The number of aromatic nitrogens is 10. The first-order valence-electron chi connectivity index (χ1n) is 20.6. The Labute approximate surface area is 395 Å². The van der Waals surface area contributed by atoms with E-state index in [9.17, 15) is 22.8 Å². The molecule has 8 heterocycles. The van der Waals surface area contributed by atoms with E-state index in [2.05, 4.69) is 51.3 Å². The molecule has 2 aliphatic rings. The van der Waals surface area contributed by atoms with Crippen LogP contribution in [0, 0.1) is 59.8 Å². The Hall–Kier alpha value is -8.89. The fraction of sp³-hybridized carbons (Fsp3) is 0.174. The van der Waals surface area contributed by atoms with Gasteiger partial charge in [-0.1, -0.05) is 0 Å². The Morgan fingerprint density at radius 2 is 1.13 bits per heavy atom. The number of nitrogens with one attached hydrogen (secondary N) is 1. The summed E-state index contributed by atoms with van der Waals surface area (Å²) in [6.45, 7) is 4.17. The Bertz CT molecular complexity index is 3240. The first-order chi connectivity index (χ1) is 33.2. The molecular formula is C46H37ClF4N16O2. The third kappa shape index (κ3) is 10.6. The number of imidazole rings is 2. The number of pyridine rings is 2. The number of halogens is 5. The lowest BCUT2D eigenvalue weighted by Gasteiger charge is -2.35. The fourth-order valence-electron chi connectivity index (χ4n) is 7.29. The molecule has 348 valence electrons. The van der Waals surface area contributed by atoms with E-state index in [1.54, 1.807) is 76.1 Å². The molecule has 2 atom stereocenters. The molecule has 69 heavy (non-hydrogen) atoms. The summed E-state index contributed by atoms with van der Waals surface area (Å²) in [6.07, 6.45) is 9.87. The largest absolute Gasteiger partial charge is 0.486 e. The second kappa shape index (κ2) is 19.9. The molecule has 0 fully saturated rings. The van der Waals surface area contributed by atoms with Gasteiger partial charge in [-0.15, -0.1) is 0 Å². The summed E-state index contributed by atoms with van der Waals surface area (Å²) in [4.78, 5) is 36.8. The van der Waals surface area contributed by atoms with Crippen molar-refractivity contribution in [2.45, 2.75) is 25.9 Å². The molecule has 2 aliphatic heterocycles. The van der Waals surface area contributed by atoms with Crippen LogP contribution < -0.4 is 30.3 Å². The summed E-state index contributed by atoms with van der Waals surface area (Å²) >= 11 is 5.76. The van der Waals surface area contributed by atoms with Gasteiger partial charge in [-0.3, -0.25) is 0 Å². The van der Waals surface area contributed by atoms with E-state index in [0.717, 1.165) is 23.5 Å². The van der Waals surface area contributed by atoms with Gasteiger partial charge in [-0.25, -0.2) is 47.5 Å². The fourth-order valence-corrected chi connectivity index (χ4v) is 7.42. The van der Waals surface area contributed by atoms with Gasteiger partial charge in [0, 0.05) is 38.6 Å². The number of rotatable bonds is 6. The third-order valence-electron chi connectivity index (χ3n) is 10.6. The van der Waals surface area contributed by atoms with E-state index in [-0.39, 0.29) is 36.2 Å². The normalized spacial score (nSPS) is 14.5. The van der Waals surface area contributed by atoms with Crippen LogP contribution in [0.25, 0.3) is 11.4 Å². The summed E-state index contributed by atoms with van der Waals surface area (Å²) in [5, 5.41) is 21.6. The molecule has 18 nitrogen and oxygen atoms in total. The van der Waals surface area contributed by atoms with Crippen molar-refractivity contribution in [1.82, 2.24) is 49.0 Å². The van der Waals surface area contributed by atoms with E-state index in [4.69, 9.17) is 32.1 Å². The van der Waals surface area contributed by atoms with E-state index in [0.29, 0.717) is 63.0 Å². The Morgan fingerprint density at radius 3 is 1.62 bits per heavy atom. The van der Waals surface area contributed by atoms with Crippen molar-refractivity contribution < 1.29 is 27.0 Å². The molecular weight excluding hydrogens is 920 g/mol. The molecule has 0 saturated carbocycles. The number of fused-ring (bicyclic) bond motifs is 2. The predicted octanol–water partition coefficient (Wildman–Crippen LogP) is 7.84. The van der Waals surface area contributed by atoms with Crippen molar-refractivity contribution in [3.05, 3.63) is 161 Å². The lowest BCUT2D eigenvalue weighted by atomic mass is 10.0. The molecule has 8 aromatic rings. The molecule has 0 spiro atoms. The SMILES string of the molecule is CN1c2nc(Cl)ncc2OCC1c1cc(F)cc(F)c1.Cc1cn(-c2ccc(N)nc2C#N)cn1.Cc1cn(-c2ccc(Nc3ncc4c(n3)N(C)C(c3cc(F)cc(F)c3)CO4)nc2C#N)cn1. The number of likely N-dealkylation sites (N-methyl/N-ethyl adjacent to an activating group) is 2. The van der Waals surface area contributed by atoms with Crippen molar-refractivity contribution >= 4 is 40.8 Å². The second-order valence-corrected chi connectivity index (χ2v) is 15.7. The second-order valence-electron chi connectivity index (χ2n) is 15.4. The molecule has 0 amide bonds. The summed E-state index contributed by atoms with van der Waals surface area (Å²) in [6, 6.07) is 16.9. The van der Waals surface area contributed by atoms with E-state index >= 15 is 0 Å². The molecule has 2 aromatic carbocycles. The van der Waals surface area contributed by atoms with E-state index in [1.807, 2.05) is 26.1 Å². The van der Waals surface area contributed by atoms with Gasteiger partial charge in [0.05, 0.1) is 59.9 Å². The first kappa shape index (κ1) is 46.6. The number of hydrogen-bond donors (Lipinski definition) is 2. The van der Waals surface area contributed by atoms with Crippen LogP contribution in [-0.4, -0.2) is 76.3 Å². The summed E-state index contributed by atoms with van der Waals surface area (Å²) in [7, 11) is 3.53. The molecule has 0 bridgehead atoms. The zero-order valence-corrected chi connectivity index (χ0v) is 37.6. The minimum Gasteiger partial charge on any atom is -0.486 e. The van der Waals surface area contributed by atoms with Crippen LogP contribution in [0.1, 0.15) is 46.0 Å². The highest BCUT2D eigenvalue weighted by atomic mass is 35.5. The van der Waals surface area contributed by atoms with E-state index in [1.165, 1.54) is 36.7 Å². The van der Waals surface area contributed by atoms with Crippen LogP contribution in [-0.2, 0) is 0 Å². The van der Waals surface area contributed by atoms with E-state index < -0.39 is 29.3 Å². The highest BCUT2D eigenvalue weighted by Crippen LogP contribution is 2.39. The average Bonchev–Trinajstić information content (AvgIpc) is 3.96. The molecule has 0 aliphatic carbocycles. The van der Waals surface area contributed by atoms with Gasteiger partial charge in [0.15, 0.2) is 34.5 Å². The van der Waals surface area contributed by atoms with Gasteiger partial charge in [-0.2, -0.15) is 20.5 Å². The Balaban J connectivity index is 0.000000155. The lowest BCUT2D eigenvalue weighted by Crippen LogP contribution is -2.34. The number of nitrogens with zero attached hydrogens (tertiary/aromatic N) is 14. The maximum absolute atomic E-state index is 13.7. The number of nitriles is 2. The zero-order valence-electron chi connectivity index (χ0n) is 36.9. The number of aryl methyl sites for hydroxylation is 2. The Kier molecular flexibility index (Phi) is 13.5. The van der Waals surface area contributed by atoms with Gasteiger partial charge >= 0.3 is 0 Å². The standard InChI is InChI=1S/C23H18F2N8O.C13H10ClF2N3O.C10H9N5/c1-13-10-33(12-28-13)18-3-4-21(29-17(18)8-26)30-23-27-9-20-22(31-23)32(2)19(11-34-20)14-5-15(24)7-16(25)6-14;1-19-10(7-2-8(15)4-9(16)3-7)6-20-11-5-17-13(14)18-12(11)19;1-7-5-15(6-13-7)9-2-3-10(12)14-8(9)4-11/h3-7,9-10,12,19H,11H2,1-2H3,(H,27,29,30,31);2-5,10H,6H2,1H3;2-3,5-6H,1H3,(H2,12,14). The van der Waals surface area contributed by atoms with Crippen molar-refractivity contribution in [3.8, 4) is 35.0 Å². The smallest absolute Gasteiger partial charge is 0.230 e. The molecule has 0 saturated heterocycles. The monoisotopic (exact) mass is 956 g/mol. The lowest BCUT2D eigenvalue weighted by molar-refractivity contribution is 0.264. The molecule has 23 heteroatoms. The van der Waals surface area contributed by atoms with Crippen molar-refractivity contribution in [3.63, 3.8) is 0 Å². The molecule has 0 radical (unpaired) electrons. The molecule has 3 N–H and O–H groups in total. The van der Waals surface area contributed by atoms with Crippen LogP contribution in [0.2, 0.25) is 5.28 Å². The summed E-state index contributed by atoms with van der Waals surface area (Å²) in [5.74, 6) is 0.244. The van der Waals surface area contributed by atoms with Crippen LogP contribution in [0.5, 0.6) is 11.5 Å². The van der Waals surface area contributed by atoms with Crippen molar-refractivity contribution in [2.75, 3.05) is 48.2 Å². The zero-order chi connectivity index (χ0) is 48.9. The predicted molar refractivity (Wildman–Crippen MR) is 244 cm³/mol. The van der Waals surface area contributed by atoms with Gasteiger partial charge in [0.1, 0.15) is 60.3 Å². The topological polar surface area (TPSA) is 224 Å². The van der Waals surface area contributed by atoms with Crippen LogP contribution in [0.15, 0.2) is 98.1 Å². The van der Waals surface area contributed by atoms with Gasteiger partial charge in [0.2, 0.25) is 11.2 Å². The minimum atomic E-state index is -0.659. The van der Waals surface area contributed by atoms with Gasteiger partial charge < -0.3 is 39.5 Å². The maximum atomic E-state index is 13.7. The average molecular weight is 957 g/mol.